The normalized spacial score (nSPS) is 17.1. The summed E-state index contributed by atoms with van der Waals surface area (Å²) in [6.07, 6.45) is 1.63. The Morgan fingerprint density at radius 2 is 1.76 bits per heavy atom. The third kappa shape index (κ3) is 4.30. The van der Waals surface area contributed by atoms with Gasteiger partial charge in [0.2, 0.25) is 0 Å². The van der Waals surface area contributed by atoms with Crippen molar-refractivity contribution >= 4 is 23.3 Å². The number of aromatic nitrogens is 1. The summed E-state index contributed by atoms with van der Waals surface area (Å²) >= 11 is 0. The fourth-order valence-corrected chi connectivity index (χ4v) is 3.78. The van der Waals surface area contributed by atoms with Gasteiger partial charge in [-0.25, -0.2) is 0 Å². The number of aryl methyl sites for hydroxylation is 1. The molecule has 34 heavy (non-hydrogen) atoms. The quantitative estimate of drug-likeness (QED) is 0.227. The van der Waals surface area contributed by atoms with E-state index in [1.165, 1.54) is 4.90 Å². The van der Waals surface area contributed by atoms with Crippen molar-refractivity contribution in [2.45, 2.75) is 19.9 Å². The maximum absolute atomic E-state index is 13.1. The van der Waals surface area contributed by atoms with Crippen LogP contribution in [0.25, 0.3) is 5.76 Å². The summed E-state index contributed by atoms with van der Waals surface area (Å²) < 4.78 is 16.1. The van der Waals surface area contributed by atoms with Crippen LogP contribution in [-0.4, -0.2) is 35.2 Å². The molecule has 174 valence electrons. The highest BCUT2D eigenvalue weighted by Crippen LogP contribution is 2.42. The molecule has 1 aromatic heterocycles. The molecule has 1 aliphatic heterocycles. The number of Topliss-reactive ketones (excluding diaryl/α,β-unsaturated/α-hetero) is 1. The minimum atomic E-state index is -0.912. The van der Waals surface area contributed by atoms with E-state index in [0.717, 1.165) is 0 Å². The maximum Gasteiger partial charge on any atom is 0.301 e. The number of aliphatic hydroxyl groups is 1. The Bertz CT molecular complexity index is 1240. The number of hydrogen-bond donors (Lipinski definition) is 1. The number of carbonyl (C=O) groups excluding carboxylic acids is 2. The smallest absolute Gasteiger partial charge is 0.301 e. The van der Waals surface area contributed by atoms with Crippen molar-refractivity contribution in [1.29, 1.82) is 0 Å². The number of amides is 1. The second-order valence-electron chi connectivity index (χ2n) is 7.59. The minimum absolute atomic E-state index is 0.0467. The van der Waals surface area contributed by atoms with Gasteiger partial charge in [-0.3, -0.25) is 14.5 Å². The van der Waals surface area contributed by atoms with Crippen LogP contribution < -0.4 is 14.4 Å². The zero-order valence-electron chi connectivity index (χ0n) is 18.9. The van der Waals surface area contributed by atoms with Gasteiger partial charge in [0.05, 0.1) is 18.2 Å². The van der Waals surface area contributed by atoms with Gasteiger partial charge in [0.25, 0.3) is 5.78 Å². The van der Waals surface area contributed by atoms with Gasteiger partial charge >= 0.3 is 5.91 Å². The van der Waals surface area contributed by atoms with Crippen molar-refractivity contribution < 1.29 is 28.7 Å². The molecule has 0 bridgehead atoms. The Kier molecular flexibility index (Phi) is 6.49. The fourth-order valence-electron chi connectivity index (χ4n) is 3.78. The molecule has 3 aromatic rings. The van der Waals surface area contributed by atoms with Gasteiger partial charge in [0.1, 0.15) is 29.6 Å². The molecule has 1 aliphatic rings. The van der Waals surface area contributed by atoms with Crippen molar-refractivity contribution in [3.63, 3.8) is 0 Å². The van der Waals surface area contributed by atoms with E-state index in [9.17, 15) is 14.7 Å². The molecule has 2 heterocycles. The number of benzene rings is 2. The second-order valence-corrected chi connectivity index (χ2v) is 7.59. The van der Waals surface area contributed by atoms with Crippen molar-refractivity contribution in [2.24, 2.45) is 0 Å². The average Bonchev–Trinajstić information content (AvgIpc) is 3.38. The zero-order chi connectivity index (χ0) is 24.2. The molecule has 1 amide bonds. The number of aliphatic hydroxyl groups excluding tert-OH is 1. The predicted molar refractivity (Wildman–Crippen MR) is 126 cm³/mol. The lowest BCUT2D eigenvalue weighted by Crippen LogP contribution is -2.29. The van der Waals surface area contributed by atoms with Crippen LogP contribution in [0.15, 0.2) is 77.3 Å². The molecule has 0 radical (unpaired) electrons. The third-order valence-corrected chi connectivity index (χ3v) is 5.31. The Morgan fingerprint density at radius 1 is 1.12 bits per heavy atom. The lowest BCUT2D eigenvalue weighted by Gasteiger charge is -2.23. The van der Waals surface area contributed by atoms with E-state index in [2.05, 4.69) is 11.7 Å². The number of hydrogen-bond acceptors (Lipinski definition) is 7. The number of rotatable bonds is 8. The van der Waals surface area contributed by atoms with Gasteiger partial charge < -0.3 is 19.1 Å². The molecule has 1 N–H and O–H groups in total. The Balaban J connectivity index is 1.82. The molecular formula is C26H24N2O6. The summed E-state index contributed by atoms with van der Waals surface area (Å²) in [6.45, 7) is 8.03. The zero-order valence-corrected chi connectivity index (χ0v) is 18.9. The van der Waals surface area contributed by atoms with Crippen molar-refractivity contribution in [3.05, 3.63) is 89.7 Å². The second kappa shape index (κ2) is 9.66. The lowest BCUT2D eigenvalue weighted by molar-refractivity contribution is -0.132. The van der Waals surface area contributed by atoms with E-state index in [1.54, 1.807) is 67.6 Å². The molecule has 1 fully saturated rings. The van der Waals surface area contributed by atoms with Crippen LogP contribution in [0, 0.1) is 6.92 Å². The van der Waals surface area contributed by atoms with E-state index in [1.807, 2.05) is 6.92 Å². The Hall–Kier alpha value is -4.33. The van der Waals surface area contributed by atoms with Gasteiger partial charge in [-0.2, -0.15) is 0 Å². The molecule has 2 aromatic carbocycles. The number of ketones is 1. The summed E-state index contributed by atoms with van der Waals surface area (Å²) in [4.78, 5) is 27.5. The van der Waals surface area contributed by atoms with Crippen LogP contribution >= 0.6 is 0 Å². The standard InChI is InChI=1S/C26H24N2O6/c1-4-14-33-20-10-6-17(7-11-20)23-22(24(29)18-8-12-19(13-9-18)32-5-2)25(30)26(31)28(23)21-15-16(3)34-27-21/h4,6-13,15,23,29H,1,5,14H2,2-3H3. The summed E-state index contributed by atoms with van der Waals surface area (Å²) in [5, 5.41) is 15.1. The molecule has 1 unspecified atom stereocenters. The molecule has 0 saturated carbocycles. The predicted octanol–water partition coefficient (Wildman–Crippen LogP) is 4.57. The van der Waals surface area contributed by atoms with E-state index in [4.69, 9.17) is 14.0 Å². The number of ether oxygens (including phenoxy) is 2. The third-order valence-electron chi connectivity index (χ3n) is 5.31. The summed E-state index contributed by atoms with van der Waals surface area (Å²) in [5.41, 5.74) is 0.932. The molecule has 8 heteroatoms. The van der Waals surface area contributed by atoms with Gasteiger partial charge in [-0.1, -0.05) is 29.9 Å². The first-order valence-corrected chi connectivity index (χ1v) is 10.8. The van der Waals surface area contributed by atoms with Gasteiger partial charge in [0.15, 0.2) is 5.82 Å². The first-order valence-electron chi connectivity index (χ1n) is 10.8. The number of anilines is 1. The molecule has 4 rings (SSSR count). The molecular weight excluding hydrogens is 436 g/mol. The molecule has 0 aliphatic carbocycles. The van der Waals surface area contributed by atoms with Gasteiger partial charge in [-0.15, -0.1) is 0 Å². The fraction of sp³-hybridized carbons (Fsp3) is 0.192. The van der Waals surface area contributed by atoms with E-state index >= 15 is 0 Å². The lowest BCUT2D eigenvalue weighted by atomic mass is 9.95. The van der Waals surface area contributed by atoms with Gasteiger partial charge in [-0.05, 0) is 55.8 Å². The highest BCUT2D eigenvalue weighted by molar-refractivity contribution is 6.51. The van der Waals surface area contributed by atoms with Gasteiger partial charge in [0, 0.05) is 11.6 Å². The monoisotopic (exact) mass is 460 g/mol. The summed E-state index contributed by atoms with van der Waals surface area (Å²) in [6, 6.07) is 14.2. The van der Waals surface area contributed by atoms with Crippen molar-refractivity contribution in [3.8, 4) is 11.5 Å². The van der Waals surface area contributed by atoms with Crippen LogP contribution in [0.5, 0.6) is 11.5 Å². The SMILES string of the molecule is C=CCOc1ccc(C2C(=C(O)c3ccc(OCC)cc3)C(=O)C(=O)N2c2cc(C)on2)cc1. The van der Waals surface area contributed by atoms with E-state index in [0.29, 0.717) is 41.6 Å². The number of carbonyl (C=O) groups is 2. The van der Waals surface area contributed by atoms with Crippen LogP contribution in [-0.2, 0) is 9.59 Å². The van der Waals surface area contributed by atoms with Crippen molar-refractivity contribution in [2.75, 3.05) is 18.1 Å². The Morgan fingerprint density at radius 3 is 2.35 bits per heavy atom. The van der Waals surface area contributed by atoms with E-state index < -0.39 is 17.7 Å². The van der Waals surface area contributed by atoms with Crippen LogP contribution in [0.4, 0.5) is 5.82 Å². The molecule has 8 nitrogen and oxygen atoms in total. The van der Waals surface area contributed by atoms with Crippen LogP contribution in [0.1, 0.15) is 29.9 Å². The first-order chi connectivity index (χ1) is 16.4. The summed E-state index contributed by atoms with van der Waals surface area (Å²) in [7, 11) is 0. The molecule has 1 atom stereocenters. The average molecular weight is 460 g/mol. The van der Waals surface area contributed by atoms with E-state index in [-0.39, 0.29) is 17.2 Å². The highest BCUT2D eigenvalue weighted by Gasteiger charge is 2.48. The van der Waals surface area contributed by atoms with Crippen LogP contribution in [0.3, 0.4) is 0 Å². The molecule has 0 spiro atoms. The number of nitrogens with zero attached hydrogens (tertiary/aromatic N) is 2. The molecule has 1 saturated heterocycles. The largest absolute Gasteiger partial charge is 0.507 e. The Labute approximate surface area is 196 Å². The maximum atomic E-state index is 13.1. The minimum Gasteiger partial charge on any atom is -0.507 e. The first kappa shape index (κ1) is 22.8. The topological polar surface area (TPSA) is 102 Å². The summed E-state index contributed by atoms with van der Waals surface area (Å²) in [5.74, 6) is -0.0193. The highest BCUT2D eigenvalue weighted by atomic mass is 16.5. The van der Waals surface area contributed by atoms with Crippen LogP contribution in [0.2, 0.25) is 0 Å². The van der Waals surface area contributed by atoms with Crippen molar-refractivity contribution in [1.82, 2.24) is 5.16 Å².